The lowest BCUT2D eigenvalue weighted by molar-refractivity contribution is -0.384. The Bertz CT molecular complexity index is 732. The number of amides is 1. The summed E-state index contributed by atoms with van der Waals surface area (Å²) < 4.78 is 0. The fraction of sp³-hybridized carbons (Fsp3) is 0.429. The predicted molar refractivity (Wildman–Crippen MR) is 87.7 cm³/mol. The monoisotopic (exact) mass is 339 g/mol. The Morgan fingerprint density at radius 3 is 2.96 bits per heavy atom. The number of carbonyl (C=O) groups is 1. The highest BCUT2D eigenvalue weighted by atomic mass is 35.5. The van der Waals surface area contributed by atoms with Gasteiger partial charge in [-0.05, 0) is 25.3 Å². The number of carbonyl (C=O) groups excluding carboxylic acids is 1. The van der Waals surface area contributed by atoms with Crippen LogP contribution in [0.2, 0.25) is 0 Å². The standard InChI is InChI=1S/C14H17N5O3.ClH/c15-8-10-3-1-2-6-18(10)14(20)13-11-7-9(19(21)22)4-5-12(11)16-17-13;/h4-5,7,10H,1-3,6,8,15H2,(H,16,17);1H. The molecule has 8 nitrogen and oxygen atoms in total. The van der Waals surface area contributed by atoms with Crippen molar-refractivity contribution in [2.24, 2.45) is 5.73 Å². The molecule has 23 heavy (non-hydrogen) atoms. The number of nitro groups is 1. The first-order chi connectivity index (χ1) is 10.6. The summed E-state index contributed by atoms with van der Waals surface area (Å²) >= 11 is 0. The highest BCUT2D eigenvalue weighted by Gasteiger charge is 2.29. The third kappa shape index (κ3) is 3.13. The van der Waals surface area contributed by atoms with Crippen molar-refractivity contribution in [3.05, 3.63) is 34.0 Å². The molecule has 0 aliphatic carbocycles. The van der Waals surface area contributed by atoms with Crippen molar-refractivity contribution in [2.75, 3.05) is 13.1 Å². The number of fused-ring (bicyclic) bond motifs is 1. The number of halogens is 1. The van der Waals surface area contributed by atoms with Gasteiger partial charge in [0, 0.05) is 36.7 Å². The van der Waals surface area contributed by atoms with E-state index in [4.69, 9.17) is 5.73 Å². The van der Waals surface area contributed by atoms with Crippen molar-refractivity contribution in [2.45, 2.75) is 25.3 Å². The molecule has 9 heteroatoms. The highest BCUT2D eigenvalue weighted by Crippen LogP contribution is 2.25. The molecule has 1 saturated heterocycles. The van der Waals surface area contributed by atoms with Crippen LogP contribution in [0.5, 0.6) is 0 Å². The third-order valence-corrected chi connectivity index (χ3v) is 4.12. The maximum atomic E-state index is 12.7. The van der Waals surface area contributed by atoms with Gasteiger partial charge in [0.05, 0.1) is 10.4 Å². The number of H-pyrrole nitrogens is 1. The summed E-state index contributed by atoms with van der Waals surface area (Å²) in [4.78, 5) is 24.9. The van der Waals surface area contributed by atoms with E-state index < -0.39 is 4.92 Å². The van der Waals surface area contributed by atoms with Gasteiger partial charge in [-0.3, -0.25) is 20.0 Å². The molecule has 2 heterocycles. The van der Waals surface area contributed by atoms with E-state index in [0.717, 1.165) is 19.3 Å². The van der Waals surface area contributed by atoms with Gasteiger partial charge in [0.1, 0.15) is 0 Å². The fourth-order valence-corrected chi connectivity index (χ4v) is 2.93. The molecule has 1 aliphatic rings. The van der Waals surface area contributed by atoms with E-state index in [0.29, 0.717) is 24.0 Å². The maximum Gasteiger partial charge on any atom is 0.275 e. The van der Waals surface area contributed by atoms with Crippen LogP contribution in [0.25, 0.3) is 10.9 Å². The van der Waals surface area contributed by atoms with Gasteiger partial charge >= 0.3 is 0 Å². The number of nitrogens with zero attached hydrogens (tertiary/aromatic N) is 3. The van der Waals surface area contributed by atoms with E-state index in [1.165, 1.54) is 12.1 Å². The summed E-state index contributed by atoms with van der Waals surface area (Å²) in [5, 5.41) is 18.2. The summed E-state index contributed by atoms with van der Waals surface area (Å²) in [6.07, 6.45) is 2.87. The first kappa shape index (κ1) is 17.2. The topological polar surface area (TPSA) is 118 Å². The molecule has 1 aliphatic heterocycles. The minimum atomic E-state index is -0.482. The summed E-state index contributed by atoms with van der Waals surface area (Å²) in [6.45, 7) is 1.05. The zero-order chi connectivity index (χ0) is 15.7. The van der Waals surface area contributed by atoms with Crippen LogP contribution in [-0.2, 0) is 0 Å². The van der Waals surface area contributed by atoms with Crippen LogP contribution in [0.15, 0.2) is 18.2 Å². The lowest BCUT2D eigenvalue weighted by Crippen LogP contribution is -2.47. The largest absolute Gasteiger partial charge is 0.333 e. The molecule has 124 valence electrons. The van der Waals surface area contributed by atoms with Crippen molar-refractivity contribution >= 4 is 34.9 Å². The van der Waals surface area contributed by atoms with E-state index >= 15 is 0 Å². The number of nitrogens with one attached hydrogen (secondary N) is 1. The molecule has 1 atom stereocenters. The van der Waals surface area contributed by atoms with E-state index in [1.807, 2.05) is 0 Å². The Morgan fingerprint density at radius 1 is 1.48 bits per heavy atom. The summed E-state index contributed by atoms with van der Waals surface area (Å²) in [7, 11) is 0. The Hall–Kier alpha value is -2.19. The Balaban J connectivity index is 0.00000192. The number of hydrogen-bond donors (Lipinski definition) is 2. The SMILES string of the molecule is Cl.NCC1CCCCN1C(=O)c1n[nH]c2ccc([N+](=O)[O-])cc12. The number of non-ortho nitro benzene ring substituents is 1. The van der Waals surface area contributed by atoms with Crippen molar-refractivity contribution in [3.63, 3.8) is 0 Å². The second kappa shape index (κ2) is 6.93. The van der Waals surface area contributed by atoms with E-state index in [2.05, 4.69) is 10.2 Å². The van der Waals surface area contributed by atoms with Crippen molar-refractivity contribution in [1.82, 2.24) is 15.1 Å². The zero-order valence-electron chi connectivity index (χ0n) is 12.4. The van der Waals surface area contributed by atoms with Gasteiger partial charge in [0.2, 0.25) is 0 Å². The number of rotatable bonds is 3. The van der Waals surface area contributed by atoms with Crippen molar-refractivity contribution in [3.8, 4) is 0 Å². The molecule has 2 aromatic rings. The second-order valence-electron chi connectivity index (χ2n) is 5.44. The number of likely N-dealkylation sites (tertiary alicyclic amines) is 1. The van der Waals surface area contributed by atoms with Crippen LogP contribution in [-0.4, -0.2) is 45.1 Å². The molecule has 1 fully saturated rings. The number of aromatic amines is 1. The first-order valence-electron chi connectivity index (χ1n) is 7.25. The number of aromatic nitrogens is 2. The Labute approximate surface area is 138 Å². The van der Waals surface area contributed by atoms with Crippen molar-refractivity contribution < 1.29 is 9.72 Å². The minimum absolute atomic E-state index is 0. The predicted octanol–water partition coefficient (Wildman–Crippen LogP) is 1.85. The van der Waals surface area contributed by atoms with E-state index in [1.54, 1.807) is 11.0 Å². The average molecular weight is 340 g/mol. The number of piperidine rings is 1. The molecular formula is C14H18ClN5O3. The van der Waals surface area contributed by atoms with Crippen LogP contribution >= 0.6 is 12.4 Å². The van der Waals surface area contributed by atoms with Gasteiger partial charge in [-0.2, -0.15) is 5.10 Å². The summed E-state index contributed by atoms with van der Waals surface area (Å²) in [6, 6.07) is 4.34. The smallest absolute Gasteiger partial charge is 0.275 e. The van der Waals surface area contributed by atoms with Crippen LogP contribution in [0.3, 0.4) is 0 Å². The van der Waals surface area contributed by atoms with Gasteiger partial charge in [-0.1, -0.05) is 0 Å². The quantitative estimate of drug-likeness (QED) is 0.653. The number of nitro benzene ring substituents is 1. The maximum absolute atomic E-state index is 12.7. The number of benzene rings is 1. The van der Waals surface area contributed by atoms with Crippen LogP contribution in [0.1, 0.15) is 29.8 Å². The molecule has 1 aromatic heterocycles. The normalized spacial score (nSPS) is 17.8. The molecule has 3 N–H and O–H groups in total. The number of nitrogens with two attached hydrogens (primary N) is 1. The van der Waals surface area contributed by atoms with E-state index in [-0.39, 0.29) is 35.7 Å². The molecule has 0 bridgehead atoms. The van der Waals surface area contributed by atoms with Gasteiger partial charge in [0.15, 0.2) is 5.69 Å². The van der Waals surface area contributed by atoms with Crippen LogP contribution < -0.4 is 5.73 Å². The molecule has 3 rings (SSSR count). The van der Waals surface area contributed by atoms with Gasteiger partial charge < -0.3 is 10.6 Å². The lowest BCUT2D eigenvalue weighted by atomic mass is 10.0. The van der Waals surface area contributed by atoms with Crippen LogP contribution in [0.4, 0.5) is 5.69 Å². The Morgan fingerprint density at radius 2 is 2.26 bits per heavy atom. The first-order valence-corrected chi connectivity index (χ1v) is 7.25. The molecule has 1 amide bonds. The summed E-state index contributed by atoms with van der Waals surface area (Å²) in [5.74, 6) is -0.220. The average Bonchev–Trinajstić information content (AvgIpc) is 2.97. The molecular weight excluding hydrogens is 322 g/mol. The van der Waals surface area contributed by atoms with Gasteiger partial charge in [0.25, 0.3) is 11.6 Å². The lowest BCUT2D eigenvalue weighted by Gasteiger charge is -2.34. The molecule has 0 saturated carbocycles. The van der Waals surface area contributed by atoms with Gasteiger partial charge in [-0.15, -0.1) is 12.4 Å². The fourth-order valence-electron chi connectivity index (χ4n) is 2.93. The Kier molecular flexibility index (Phi) is 5.17. The number of hydrogen-bond acceptors (Lipinski definition) is 5. The molecule has 1 unspecified atom stereocenters. The zero-order valence-corrected chi connectivity index (χ0v) is 13.2. The third-order valence-electron chi connectivity index (χ3n) is 4.12. The molecule has 0 radical (unpaired) electrons. The summed E-state index contributed by atoms with van der Waals surface area (Å²) in [5.41, 5.74) is 6.52. The minimum Gasteiger partial charge on any atom is -0.333 e. The van der Waals surface area contributed by atoms with Crippen LogP contribution in [0, 0.1) is 10.1 Å². The van der Waals surface area contributed by atoms with E-state index in [9.17, 15) is 14.9 Å². The second-order valence-corrected chi connectivity index (χ2v) is 5.44. The molecule has 0 spiro atoms. The van der Waals surface area contributed by atoms with Crippen molar-refractivity contribution in [1.29, 1.82) is 0 Å². The highest BCUT2D eigenvalue weighted by molar-refractivity contribution is 6.05. The molecule has 1 aromatic carbocycles. The van der Waals surface area contributed by atoms with Gasteiger partial charge in [-0.25, -0.2) is 0 Å².